The van der Waals surface area contributed by atoms with Gasteiger partial charge in [0.15, 0.2) is 0 Å². The van der Waals surface area contributed by atoms with Gasteiger partial charge in [0.2, 0.25) is 0 Å². The number of halogens is 1. The van der Waals surface area contributed by atoms with Crippen LogP contribution in [-0.2, 0) is 4.74 Å². The van der Waals surface area contributed by atoms with Crippen LogP contribution in [0.2, 0.25) is 0 Å². The second-order valence-corrected chi connectivity index (χ2v) is 6.24. The zero-order valence-corrected chi connectivity index (χ0v) is 10.5. The molecule has 1 heterocycles. The van der Waals surface area contributed by atoms with Gasteiger partial charge in [-0.3, -0.25) is 0 Å². The van der Waals surface area contributed by atoms with Crippen LogP contribution in [0.3, 0.4) is 0 Å². The summed E-state index contributed by atoms with van der Waals surface area (Å²) in [5, 5.41) is 0. The zero-order chi connectivity index (χ0) is 9.80. The predicted octanol–water partition coefficient (Wildman–Crippen LogP) is 3.76. The lowest BCUT2D eigenvalue weighted by Gasteiger charge is -2.19. The van der Waals surface area contributed by atoms with E-state index in [9.17, 15) is 0 Å². The van der Waals surface area contributed by atoms with Crippen LogP contribution >= 0.6 is 15.9 Å². The molecule has 0 aromatic carbocycles. The lowest BCUT2D eigenvalue weighted by atomic mass is 9.89. The molecule has 0 aromatic heterocycles. The first kappa shape index (κ1) is 10.9. The van der Waals surface area contributed by atoms with Crippen molar-refractivity contribution < 1.29 is 4.74 Å². The summed E-state index contributed by atoms with van der Waals surface area (Å²) >= 11 is 3.80. The molecule has 3 unspecified atom stereocenters. The molecule has 14 heavy (non-hydrogen) atoms. The molecule has 1 nitrogen and oxygen atoms in total. The van der Waals surface area contributed by atoms with Crippen molar-refractivity contribution in [3.05, 3.63) is 0 Å². The Hall–Kier alpha value is 0.440. The number of alkyl halides is 1. The molecule has 0 amide bonds. The van der Waals surface area contributed by atoms with Gasteiger partial charge in [0, 0.05) is 18.0 Å². The van der Waals surface area contributed by atoms with E-state index in [2.05, 4.69) is 15.9 Å². The average Bonchev–Trinajstić information content (AvgIpc) is 2.56. The molecule has 3 atom stereocenters. The normalized spacial score (nSPS) is 39.6. The molecule has 1 aliphatic heterocycles. The van der Waals surface area contributed by atoms with Crippen LogP contribution in [-0.4, -0.2) is 18.0 Å². The van der Waals surface area contributed by atoms with E-state index in [0.29, 0.717) is 0 Å². The lowest BCUT2D eigenvalue weighted by Crippen LogP contribution is -2.11. The van der Waals surface area contributed by atoms with Crippen LogP contribution in [0.15, 0.2) is 0 Å². The van der Waals surface area contributed by atoms with Crippen LogP contribution in [0.1, 0.15) is 44.9 Å². The molecule has 0 bridgehead atoms. The Morgan fingerprint density at radius 1 is 1.07 bits per heavy atom. The van der Waals surface area contributed by atoms with Crippen molar-refractivity contribution in [1.82, 2.24) is 0 Å². The topological polar surface area (TPSA) is 9.23 Å². The molecule has 1 aliphatic carbocycles. The van der Waals surface area contributed by atoms with Gasteiger partial charge in [-0.25, -0.2) is 0 Å². The Kier molecular flexibility index (Phi) is 4.30. The third kappa shape index (κ3) is 3.23. The number of hydrogen-bond donors (Lipinski definition) is 0. The van der Waals surface area contributed by atoms with Crippen LogP contribution in [0, 0.1) is 11.8 Å². The molecule has 2 fully saturated rings. The van der Waals surface area contributed by atoms with E-state index in [0.717, 1.165) is 29.9 Å². The van der Waals surface area contributed by atoms with Crippen molar-refractivity contribution in [2.45, 2.75) is 49.8 Å². The minimum absolute atomic E-state index is 0.789. The maximum atomic E-state index is 5.44. The van der Waals surface area contributed by atoms with E-state index in [1.165, 1.54) is 44.9 Å². The monoisotopic (exact) mass is 260 g/mol. The average molecular weight is 261 g/mol. The van der Waals surface area contributed by atoms with Crippen molar-refractivity contribution in [1.29, 1.82) is 0 Å². The molecule has 0 radical (unpaired) electrons. The fourth-order valence-corrected chi connectivity index (χ4v) is 3.70. The fraction of sp³-hybridized carbons (Fsp3) is 1.00. The fourth-order valence-electron chi connectivity index (χ4n) is 2.85. The van der Waals surface area contributed by atoms with Gasteiger partial charge in [-0.2, -0.15) is 0 Å². The van der Waals surface area contributed by atoms with Gasteiger partial charge in [-0.05, 0) is 37.5 Å². The second kappa shape index (κ2) is 5.50. The van der Waals surface area contributed by atoms with Crippen molar-refractivity contribution in [3.63, 3.8) is 0 Å². The Morgan fingerprint density at radius 2 is 1.93 bits per heavy atom. The zero-order valence-electron chi connectivity index (χ0n) is 8.88. The van der Waals surface area contributed by atoms with Crippen LogP contribution in [0.4, 0.5) is 0 Å². The Bertz CT molecular complexity index is 166. The predicted molar refractivity (Wildman–Crippen MR) is 62.8 cm³/mol. The molecule has 2 heteroatoms. The number of hydrogen-bond acceptors (Lipinski definition) is 1. The molecule has 0 spiro atoms. The van der Waals surface area contributed by atoms with Gasteiger partial charge >= 0.3 is 0 Å². The third-order valence-corrected chi connectivity index (χ3v) is 4.49. The van der Waals surface area contributed by atoms with Gasteiger partial charge in [0.25, 0.3) is 0 Å². The highest BCUT2D eigenvalue weighted by Gasteiger charge is 2.23. The number of rotatable bonds is 2. The molecule has 2 aliphatic rings. The quantitative estimate of drug-likeness (QED) is 0.543. The van der Waals surface area contributed by atoms with E-state index in [1.807, 2.05) is 0 Å². The molecular weight excluding hydrogens is 240 g/mol. The van der Waals surface area contributed by atoms with Gasteiger partial charge in [-0.1, -0.05) is 35.2 Å². The highest BCUT2D eigenvalue weighted by Crippen LogP contribution is 2.33. The molecule has 0 N–H and O–H groups in total. The standard InChI is InChI=1S/C12H21BrO/c13-12-4-2-1-3-10(8-12)7-11-5-6-14-9-11/h10-12H,1-9H2. The molecule has 82 valence electrons. The summed E-state index contributed by atoms with van der Waals surface area (Å²) < 4.78 is 5.44. The van der Waals surface area contributed by atoms with Crippen molar-refractivity contribution in [3.8, 4) is 0 Å². The SMILES string of the molecule is BrC1CCCCC(CC2CCOC2)C1. The molecule has 0 aromatic rings. The summed E-state index contributed by atoms with van der Waals surface area (Å²) in [6.07, 6.45) is 9.84. The summed E-state index contributed by atoms with van der Waals surface area (Å²) in [6.45, 7) is 2.04. The third-order valence-electron chi connectivity index (χ3n) is 3.66. The lowest BCUT2D eigenvalue weighted by molar-refractivity contribution is 0.178. The van der Waals surface area contributed by atoms with Crippen LogP contribution in [0.5, 0.6) is 0 Å². The largest absolute Gasteiger partial charge is 0.381 e. The van der Waals surface area contributed by atoms with Gasteiger partial charge in [0.1, 0.15) is 0 Å². The summed E-state index contributed by atoms with van der Waals surface area (Å²) in [6, 6.07) is 0. The Balaban J connectivity index is 1.77. The highest BCUT2D eigenvalue weighted by atomic mass is 79.9. The second-order valence-electron chi connectivity index (χ2n) is 4.95. The Labute approximate surface area is 95.7 Å². The van der Waals surface area contributed by atoms with E-state index in [1.54, 1.807) is 0 Å². The van der Waals surface area contributed by atoms with E-state index in [4.69, 9.17) is 4.74 Å². The van der Waals surface area contributed by atoms with Crippen molar-refractivity contribution in [2.75, 3.05) is 13.2 Å². The minimum atomic E-state index is 0.789. The van der Waals surface area contributed by atoms with Crippen LogP contribution < -0.4 is 0 Å². The smallest absolute Gasteiger partial charge is 0.0495 e. The summed E-state index contributed by atoms with van der Waals surface area (Å²) in [7, 11) is 0. The maximum absolute atomic E-state index is 5.44. The molecular formula is C12H21BrO. The Morgan fingerprint density at radius 3 is 2.71 bits per heavy atom. The van der Waals surface area contributed by atoms with E-state index in [-0.39, 0.29) is 0 Å². The highest BCUT2D eigenvalue weighted by molar-refractivity contribution is 9.09. The van der Waals surface area contributed by atoms with Crippen LogP contribution in [0.25, 0.3) is 0 Å². The van der Waals surface area contributed by atoms with E-state index >= 15 is 0 Å². The summed E-state index contributed by atoms with van der Waals surface area (Å²) in [4.78, 5) is 0.789. The van der Waals surface area contributed by atoms with Gasteiger partial charge < -0.3 is 4.74 Å². The first-order valence-electron chi connectivity index (χ1n) is 6.06. The molecule has 1 saturated heterocycles. The minimum Gasteiger partial charge on any atom is -0.381 e. The maximum Gasteiger partial charge on any atom is 0.0495 e. The summed E-state index contributed by atoms with van der Waals surface area (Å²) in [5.74, 6) is 1.84. The molecule has 2 rings (SSSR count). The molecule has 1 saturated carbocycles. The van der Waals surface area contributed by atoms with E-state index < -0.39 is 0 Å². The van der Waals surface area contributed by atoms with Crippen molar-refractivity contribution >= 4 is 15.9 Å². The first-order chi connectivity index (χ1) is 6.84. The summed E-state index contributed by atoms with van der Waals surface area (Å²) in [5.41, 5.74) is 0. The number of ether oxygens (including phenoxy) is 1. The van der Waals surface area contributed by atoms with Crippen molar-refractivity contribution in [2.24, 2.45) is 11.8 Å². The van der Waals surface area contributed by atoms with Gasteiger partial charge in [0.05, 0.1) is 0 Å². The first-order valence-corrected chi connectivity index (χ1v) is 6.98. The van der Waals surface area contributed by atoms with Gasteiger partial charge in [-0.15, -0.1) is 0 Å².